The molecule has 2 heterocycles. The molecule has 5 rings (SSSR count). The lowest BCUT2D eigenvalue weighted by Crippen LogP contribution is -2.31. The van der Waals surface area contributed by atoms with E-state index in [0.29, 0.717) is 5.92 Å². The first kappa shape index (κ1) is 19.6. The van der Waals surface area contributed by atoms with Crippen LogP contribution in [0.2, 0.25) is 0 Å². The summed E-state index contributed by atoms with van der Waals surface area (Å²) >= 11 is 3.70. The average Bonchev–Trinajstić information content (AvgIpc) is 3.40. The minimum absolute atomic E-state index is 0.159. The van der Waals surface area contributed by atoms with Gasteiger partial charge in [0.05, 0.1) is 7.11 Å². The Labute approximate surface area is 185 Å². The monoisotopic (exact) mass is 464 g/mol. The van der Waals surface area contributed by atoms with Gasteiger partial charge in [-0.15, -0.1) is 0 Å². The van der Waals surface area contributed by atoms with Crippen LogP contribution in [0.3, 0.4) is 0 Å². The molecule has 0 radical (unpaired) electrons. The minimum atomic E-state index is 0.159. The highest BCUT2D eigenvalue weighted by atomic mass is 79.9. The van der Waals surface area contributed by atoms with E-state index in [0.717, 1.165) is 48.3 Å². The second kappa shape index (κ2) is 8.05. The lowest BCUT2D eigenvalue weighted by atomic mass is 9.98. The first-order valence-electron chi connectivity index (χ1n) is 10.5. The molecule has 1 N–H and O–H groups in total. The molecule has 1 aromatic heterocycles. The van der Waals surface area contributed by atoms with Gasteiger partial charge >= 0.3 is 0 Å². The molecule has 3 aromatic rings. The maximum absolute atomic E-state index is 12.8. The van der Waals surface area contributed by atoms with Crippen LogP contribution in [-0.4, -0.2) is 42.4 Å². The van der Waals surface area contributed by atoms with Gasteiger partial charge in [-0.2, -0.15) is 0 Å². The number of aromatic nitrogens is 1. The molecule has 1 aliphatic heterocycles. The molecule has 2 aromatic carbocycles. The van der Waals surface area contributed by atoms with Crippen molar-refractivity contribution < 1.29 is 9.53 Å². The van der Waals surface area contributed by atoms with Crippen molar-refractivity contribution in [3.8, 4) is 5.75 Å². The number of benzene rings is 2. The number of H-pyrrole nitrogens is 1. The molecule has 0 spiro atoms. The second-order valence-electron chi connectivity index (χ2n) is 8.30. The average molecular weight is 465 g/mol. The maximum Gasteiger partial charge on any atom is 0.166 e. The number of carbonyl (C=O) groups excluding carboxylic acids is 1. The zero-order valence-electron chi connectivity index (χ0n) is 17.0. The zero-order chi connectivity index (χ0) is 20.7. The topological polar surface area (TPSA) is 45.3 Å². The van der Waals surface area contributed by atoms with Crippen LogP contribution < -0.4 is 4.74 Å². The van der Waals surface area contributed by atoms with E-state index < -0.39 is 0 Å². The molecule has 1 saturated carbocycles. The van der Waals surface area contributed by atoms with Gasteiger partial charge in [0.1, 0.15) is 5.75 Å². The molecule has 4 nitrogen and oxygen atoms in total. The lowest BCUT2D eigenvalue weighted by molar-refractivity contribution is 0.0957. The second-order valence-corrected chi connectivity index (χ2v) is 9.16. The predicted molar refractivity (Wildman–Crippen MR) is 124 cm³/mol. The number of Topliss-reactive ketones (excluding diaryl/α,β-unsaturated/α-hetero) is 1. The van der Waals surface area contributed by atoms with Crippen LogP contribution in [-0.2, 0) is 0 Å². The Morgan fingerprint density at radius 2 is 2.13 bits per heavy atom. The molecule has 1 fully saturated rings. The Morgan fingerprint density at radius 3 is 2.93 bits per heavy atom. The predicted octanol–water partition coefficient (Wildman–Crippen LogP) is 5.55. The summed E-state index contributed by atoms with van der Waals surface area (Å²) in [4.78, 5) is 18.7. The Morgan fingerprint density at radius 1 is 1.27 bits per heavy atom. The first-order valence-corrected chi connectivity index (χ1v) is 11.3. The van der Waals surface area contributed by atoms with Gasteiger partial charge in [-0.25, -0.2) is 0 Å². The van der Waals surface area contributed by atoms with Gasteiger partial charge in [-0.1, -0.05) is 40.2 Å². The molecule has 2 unspecified atom stereocenters. The number of nitrogens with zero attached hydrogens (tertiary/aromatic N) is 1. The Kier molecular flexibility index (Phi) is 5.25. The summed E-state index contributed by atoms with van der Waals surface area (Å²) in [5.74, 6) is 1.64. The van der Waals surface area contributed by atoms with Crippen LogP contribution in [0.1, 0.15) is 28.8 Å². The summed E-state index contributed by atoms with van der Waals surface area (Å²) in [7, 11) is 1.64. The molecule has 0 saturated heterocycles. The van der Waals surface area contributed by atoms with Crippen LogP contribution in [0.5, 0.6) is 5.75 Å². The van der Waals surface area contributed by atoms with Gasteiger partial charge in [0, 0.05) is 58.3 Å². The summed E-state index contributed by atoms with van der Waals surface area (Å²) < 4.78 is 6.39. The Hall–Kier alpha value is -2.37. The van der Waals surface area contributed by atoms with Crippen molar-refractivity contribution in [1.29, 1.82) is 0 Å². The standard InChI is InChI=1S/C25H25BrN2O2/c1-30-19-5-2-4-17(12-19)25(29)20-13-18(20)15-28-10-8-16(9-11-28)21-14-27-23-7-3-6-22(26)24(21)23/h2-8,12,14,18,20,27H,9-11,13,15H2,1H3. The van der Waals surface area contributed by atoms with E-state index in [1.807, 2.05) is 24.3 Å². The third-order valence-corrected chi connectivity index (χ3v) is 7.06. The van der Waals surface area contributed by atoms with E-state index in [4.69, 9.17) is 4.74 Å². The van der Waals surface area contributed by atoms with Crippen molar-refractivity contribution in [2.45, 2.75) is 12.8 Å². The molecule has 30 heavy (non-hydrogen) atoms. The summed E-state index contributed by atoms with van der Waals surface area (Å²) in [5.41, 5.74) is 4.64. The smallest absolute Gasteiger partial charge is 0.166 e. The highest BCUT2D eigenvalue weighted by molar-refractivity contribution is 9.10. The van der Waals surface area contributed by atoms with E-state index >= 15 is 0 Å². The molecule has 154 valence electrons. The highest BCUT2D eigenvalue weighted by Crippen LogP contribution is 2.42. The number of fused-ring (bicyclic) bond motifs is 1. The Bertz CT molecular complexity index is 1130. The van der Waals surface area contributed by atoms with Crippen LogP contribution >= 0.6 is 15.9 Å². The fourth-order valence-corrected chi connectivity index (χ4v) is 5.19. The number of rotatable bonds is 6. The van der Waals surface area contributed by atoms with Crippen molar-refractivity contribution in [3.05, 3.63) is 70.3 Å². The molecule has 0 amide bonds. The number of ether oxygens (including phenoxy) is 1. The normalized spacial score (nSPS) is 21.5. The van der Waals surface area contributed by atoms with Gasteiger partial charge in [-0.05, 0) is 48.6 Å². The highest BCUT2D eigenvalue weighted by Gasteiger charge is 2.43. The third-order valence-electron chi connectivity index (χ3n) is 6.40. The number of aromatic amines is 1. The SMILES string of the molecule is COc1cccc(C(=O)C2CC2CN2CC=C(c3c[nH]c4cccc(Br)c34)CC2)c1. The van der Waals surface area contributed by atoms with Crippen LogP contribution in [0.15, 0.2) is 59.2 Å². The van der Waals surface area contributed by atoms with Gasteiger partial charge in [0.25, 0.3) is 0 Å². The quantitative estimate of drug-likeness (QED) is 0.486. The van der Waals surface area contributed by atoms with Gasteiger partial charge in [-0.3, -0.25) is 9.69 Å². The fourth-order valence-electron chi connectivity index (χ4n) is 4.61. The first-order chi connectivity index (χ1) is 14.6. The summed E-state index contributed by atoms with van der Waals surface area (Å²) in [6.07, 6.45) is 6.52. The van der Waals surface area contributed by atoms with E-state index in [-0.39, 0.29) is 11.7 Å². The zero-order valence-corrected chi connectivity index (χ0v) is 18.6. The van der Waals surface area contributed by atoms with Crippen molar-refractivity contribution in [2.24, 2.45) is 11.8 Å². The minimum Gasteiger partial charge on any atom is -0.497 e. The molecule has 5 heteroatoms. The van der Waals surface area contributed by atoms with Crippen LogP contribution in [0.4, 0.5) is 0 Å². The van der Waals surface area contributed by atoms with Crippen LogP contribution in [0, 0.1) is 11.8 Å². The van der Waals surface area contributed by atoms with Crippen molar-refractivity contribution >= 4 is 38.2 Å². The van der Waals surface area contributed by atoms with Gasteiger partial charge in [0.15, 0.2) is 5.78 Å². The third kappa shape index (κ3) is 3.72. The van der Waals surface area contributed by atoms with E-state index in [1.54, 1.807) is 7.11 Å². The molecule has 0 bridgehead atoms. The number of hydrogen-bond acceptors (Lipinski definition) is 3. The summed E-state index contributed by atoms with van der Waals surface area (Å²) in [5, 5.41) is 1.27. The van der Waals surface area contributed by atoms with Crippen LogP contribution in [0.25, 0.3) is 16.5 Å². The summed E-state index contributed by atoms with van der Waals surface area (Å²) in [6.45, 7) is 2.99. The van der Waals surface area contributed by atoms with E-state index in [1.165, 1.54) is 22.0 Å². The van der Waals surface area contributed by atoms with Gasteiger partial charge < -0.3 is 9.72 Å². The number of nitrogens with one attached hydrogen (secondary N) is 1. The molecular weight excluding hydrogens is 440 g/mol. The van der Waals surface area contributed by atoms with Gasteiger partial charge in [0.2, 0.25) is 0 Å². The lowest BCUT2D eigenvalue weighted by Gasteiger charge is -2.26. The number of methoxy groups -OCH3 is 1. The number of ketones is 1. The number of hydrogen-bond donors (Lipinski definition) is 1. The van der Waals surface area contributed by atoms with E-state index in [2.05, 4.69) is 56.3 Å². The molecule has 2 aliphatic rings. The van der Waals surface area contributed by atoms with E-state index in [9.17, 15) is 4.79 Å². The fraction of sp³-hybridized carbons (Fsp3) is 0.320. The molecule has 1 aliphatic carbocycles. The molecular formula is C25H25BrN2O2. The maximum atomic E-state index is 12.8. The molecule has 2 atom stereocenters. The van der Waals surface area contributed by atoms with Crippen molar-refractivity contribution in [1.82, 2.24) is 9.88 Å². The van der Waals surface area contributed by atoms with Crippen molar-refractivity contribution in [2.75, 3.05) is 26.7 Å². The van der Waals surface area contributed by atoms with Crippen molar-refractivity contribution in [3.63, 3.8) is 0 Å². The summed E-state index contributed by atoms with van der Waals surface area (Å²) in [6, 6.07) is 13.8. The Balaban J connectivity index is 1.21. The number of halogens is 1. The largest absolute Gasteiger partial charge is 0.497 e. The number of carbonyl (C=O) groups is 1.